The third-order valence-electron chi connectivity index (χ3n) is 3.30. The van der Waals surface area contributed by atoms with Gasteiger partial charge in [0.1, 0.15) is 9.13 Å². The van der Waals surface area contributed by atoms with Gasteiger partial charge in [-0.05, 0) is 96.9 Å². The van der Waals surface area contributed by atoms with Crippen molar-refractivity contribution < 1.29 is 9.72 Å². The molecular weight excluding hydrogens is 658 g/mol. The van der Waals surface area contributed by atoms with Gasteiger partial charge >= 0.3 is 0 Å². The smallest absolute Gasteiger partial charge is 0.275 e. The molecule has 23 heavy (non-hydrogen) atoms. The summed E-state index contributed by atoms with van der Waals surface area (Å²) in [7, 11) is 0. The van der Waals surface area contributed by atoms with Gasteiger partial charge in [0.25, 0.3) is 10.9 Å². The molecule has 4 nitrogen and oxygen atoms in total. The number of nitro benzene ring substituents is 1. The first kappa shape index (κ1) is 19.3. The summed E-state index contributed by atoms with van der Waals surface area (Å²) in [6.07, 6.45) is 0.873. The molecule has 0 spiro atoms. The van der Waals surface area contributed by atoms with Crippen LogP contribution in [-0.2, 0) is 6.42 Å². The van der Waals surface area contributed by atoms with Crippen LogP contribution in [0.3, 0.4) is 0 Å². The zero-order chi connectivity index (χ0) is 17.3. The monoisotopic (exact) mass is 667 g/mol. The predicted octanol–water partition coefficient (Wildman–Crippen LogP) is 6.02. The fraction of sp³-hybridized carbons (Fsp3) is 0.133. The van der Waals surface area contributed by atoms with Crippen molar-refractivity contribution in [2.24, 2.45) is 0 Å². The van der Waals surface area contributed by atoms with Crippen LogP contribution < -0.4 is 0 Å². The van der Waals surface area contributed by atoms with Crippen molar-refractivity contribution in [1.82, 2.24) is 0 Å². The zero-order valence-corrected chi connectivity index (χ0v) is 18.9. The molecule has 0 aliphatic rings. The Morgan fingerprint density at radius 3 is 2.39 bits per heavy atom. The fourth-order valence-corrected chi connectivity index (χ4v) is 5.73. The number of carbonyl (C=O) groups is 1. The van der Waals surface area contributed by atoms with Gasteiger partial charge in [-0.15, -0.1) is 0 Å². The average molecular weight is 667 g/mol. The molecule has 0 amide bonds. The highest BCUT2D eigenvalue weighted by Crippen LogP contribution is 2.42. The number of aryl methyl sites for hydroxylation is 1. The van der Waals surface area contributed by atoms with Crippen LogP contribution in [0.25, 0.3) is 11.1 Å². The van der Waals surface area contributed by atoms with Crippen LogP contribution in [0.2, 0.25) is 0 Å². The van der Waals surface area contributed by atoms with Gasteiger partial charge in [-0.25, -0.2) is 0 Å². The van der Waals surface area contributed by atoms with Crippen LogP contribution in [0.1, 0.15) is 22.8 Å². The number of benzene rings is 2. The quantitative estimate of drug-likeness (QED) is 0.132. The maximum absolute atomic E-state index is 11.7. The van der Waals surface area contributed by atoms with Crippen molar-refractivity contribution in [3.05, 3.63) is 56.2 Å². The van der Waals surface area contributed by atoms with Gasteiger partial charge in [0.05, 0.1) is 4.92 Å². The van der Waals surface area contributed by atoms with Crippen molar-refractivity contribution in [3.63, 3.8) is 0 Å². The summed E-state index contributed by atoms with van der Waals surface area (Å²) in [5, 5.41) is 10.7. The molecule has 0 N–H and O–H groups in total. The number of nitro groups is 1. The number of carbonyl (C=O) groups excluding carboxylic acids is 1. The van der Waals surface area contributed by atoms with Gasteiger partial charge in [-0.3, -0.25) is 14.9 Å². The maximum Gasteiger partial charge on any atom is 0.296 e. The Bertz CT molecular complexity index is 824. The normalized spacial score (nSPS) is 10.7. The van der Waals surface area contributed by atoms with Crippen LogP contribution in [-0.4, -0.2) is 10.2 Å². The van der Waals surface area contributed by atoms with E-state index in [0.29, 0.717) is 7.14 Å². The molecule has 2 aromatic carbocycles. The first-order valence-corrected chi connectivity index (χ1v) is 10.0. The summed E-state index contributed by atoms with van der Waals surface area (Å²) in [5.41, 5.74) is 2.53. The highest BCUT2D eigenvalue weighted by Gasteiger charge is 2.31. The summed E-state index contributed by atoms with van der Waals surface area (Å²) in [6, 6.07) is 7.88. The first-order valence-electron chi connectivity index (χ1n) is 6.43. The molecular formula is C15H9ClI3NO3. The van der Waals surface area contributed by atoms with E-state index in [9.17, 15) is 14.9 Å². The lowest BCUT2D eigenvalue weighted by atomic mass is 10.00. The molecule has 2 rings (SSSR count). The lowest BCUT2D eigenvalue weighted by molar-refractivity contribution is -0.386. The largest absolute Gasteiger partial charge is 0.296 e. The minimum atomic E-state index is -0.814. The van der Waals surface area contributed by atoms with Gasteiger partial charge in [-0.2, -0.15) is 0 Å². The molecule has 0 aliphatic heterocycles. The molecule has 0 radical (unpaired) electrons. The Kier molecular flexibility index (Phi) is 6.65. The van der Waals surface area contributed by atoms with Gasteiger partial charge in [-0.1, -0.05) is 31.2 Å². The molecule has 0 bridgehead atoms. The Hall–Kier alpha value is -0.0100. The Balaban J connectivity index is 2.90. The van der Waals surface area contributed by atoms with Crippen LogP contribution in [0.5, 0.6) is 0 Å². The zero-order valence-electron chi connectivity index (χ0n) is 11.7. The van der Waals surface area contributed by atoms with E-state index in [4.69, 9.17) is 11.6 Å². The molecule has 8 heteroatoms. The van der Waals surface area contributed by atoms with Crippen molar-refractivity contribution in [1.29, 1.82) is 0 Å². The SMILES string of the molecule is CCc1cccc(-c2c(I)c(I)c(C(=O)Cl)c([N+](=O)[O-])c2I)c1. The van der Waals surface area contributed by atoms with Gasteiger partial charge < -0.3 is 0 Å². The van der Waals surface area contributed by atoms with Crippen molar-refractivity contribution in [3.8, 4) is 11.1 Å². The summed E-state index contributed by atoms with van der Waals surface area (Å²) in [6.45, 7) is 2.05. The molecule has 0 heterocycles. The lowest BCUT2D eigenvalue weighted by Crippen LogP contribution is -2.08. The molecule has 0 saturated carbocycles. The number of halogens is 4. The van der Waals surface area contributed by atoms with E-state index >= 15 is 0 Å². The standard InChI is InChI=1S/C15H9ClI3NO3/c1-2-7-4-3-5-8(6-7)9-11(17)12(18)10(15(16)21)14(13(9)19)20(22)23/h3-6H,2H2,1H3. The van der Waals surface area contributed by atoms with Crippen LogP contribution in [0.4, 0.5) is 5.69 Å². The van der Waals surface area contributed by atoms with Gasteiger partial charge in [0, 0.05) is 12.7 Å². The number of hydrogen-bond acceptors (Lipinski definition) is 3. The molecule has 0 aromatic heterocycles. The topological polar surface area (TPSA) is 60.2 Å². The van der Waals surface area contributed by atoms with E-state index in [1.165, 1.54) is 0 Å². The third kappa shape index (κ3) is 3.82. The molecule has 0 atom stereocenters. The van der Waals surface area contributed by atoms with Crippen molar-refractivity contribution in [2.75, 3.05) is 0 Å². The molecule has 0 fully saturated rings. The van der Waals surface area contributed by atoms with E-state index in [2.05, 4.69) is 29.5 Å². The number of hydrogen-bond donors (Lipinski definition) is 0. The minimum Gasteiger partial charge on any atom is -0.275 e. The second-order valence-electron chi connectivity index (χ2n) is 4.63. The van der Waals surface area contributed by atoms with Crippen molar-refractivity contribution >= 4 is 90.3 Å². The highest BCUT2D eigenvalue weighted by atomic mass is 127. The molecule has 120 valence electrons. The highest BCUT2D eigenvalue weighted by molar-refractivity contribution is 14.1. The van der Waals surface area contributed by atoms with Crippen LogP contribution >= 0.6 is 79.4 Å². The van der Waals surface area contributed by atoms with E-state index in [1.807, 2.05) is 69.4 Å². The van der Waals surface area contributed by atoms with E-state index in [-0.39, 0.29) is 11.3 Å². The lowest BCUT2D eigenvalue weighted by Gasteiger charge is -2.14. The molecule has 0 saturated heterocycles. The Morgan fingerprint density at radius 2 is 1.87 bits per heavy atom. The van der Waals surface area contributed by atoms with Gasteiger partial charge in [0.15, 0.2) is 0 Å². The van der Waals surface area contributed by atoms with E-state index < -0.39 is 10.2 Å². The minimum absolute atomic E-state index is 0.0403. The predicted molar refractivity (Wildman–Crippen MR) is 116 cm³/mol. The third-order valence-corrected chi connectivity index (χ3v) is 7.73. The number of nitrogens with zero attached hydrogens (tertiary/aromatic N) is 1. The maximum atomic E-state index is 11.7. The average Bonchev–Trinajstić information content (AvgIpc) is 2.50. The first-order chi connectivity index (χ1) is 10.8. The molecule has 0 unspecified atom stereocenters. The summed E-state index contributed by atoms with van der Waals surface area (Å²) in [4.78, 5) is 22.7. The summed E-state index contributed by atoms with van der Waals surface area (Å²) in [5.74, 6) is 0. The van der Waals surface area contributed by atoms with Crippen molar-refractivity contribution in [2.45, 2.75) is 13.3 Å². The molecule has 2 aromatic rings. The summed E-state index contributed by atoms with van der Waals surface area (Å²) < 4.78 is 1.72. The molecule has 0 aliphatic carbocycles. The van der Waals surface area contributed by atoms with Crippen LogP contribution in [0, 0.1) is 20.8 Å². The van der Waals surface area contributed by atoms with Crippen LogP contribution in [0.15, 0.2) is 24.3 Å². The Morgan fingerprint density at radius 1 is 1.22 bits per heavy atom. The number of rotatable bonds is 4. The fourth-order valence-electron chi connectivity index (χ4n) is 2.20. The van der Waals surface area contributed by atoms with Gasteiger partial charge in [0.2, 0.25) is 0 Å². The van der Waals surface area contributed by atoms with E-state index in [1.54, 1.807) is 0 Å². The van der Waals surface area contributed by atoms with E-state index in [0.717, 1.165) is 26.7 Å². The second kappa shape index (κ2) is 7.91. The summed E-state index contributed by atoms with van der Waals surface area (Å²) >= 11 is 11.6. The Labute approximate surface area is 178 Å². The second-order valence-corrected chi connectivity index (χ2v) is 8.20.